The van der Waals surface area contributed by atoms with Gasteiger partial charge in [0.15, 0.2) is 93.1 Å². The number of benzene rings is 4. The summed E-state index contributed by atoms with van der Waals surface area (Å²) in [6.07, 6.45) is 3.69. The molecule has 8 rings (SSSR count). The average Bonchev–Trinajstić information content (AvgIpc) is 4.15. The number of fused-ring (bicyclic) bond motifs is 4. The normalized spacial score (nSPS) is 22.5. The number of nitrogens with zero attached hydrogens (tertiary/aromatic N) is 3. The van der Waals surface area contributed by atoms with E-state index >= 15 is 43.9 Å². The Bertz CT molecular complexity index is 3290. The zero-order valence-electron chi connectivity index (χ0n) is 35.0. The summed E-state index contributed by atoms with van der Waals surface area (Å²) in [6.45, 7) is 1.66. The summed E-state index contributed by atoms with van der Waals surface area (Å²) in [5.74, 6) is -57.1. The van der Waals surface area contributed by atoms with Gasteiger partial charge in [-0.3, -0.25) is 9.98 Å². The van der Waals surface area contributed by atoms with Gasteiger partial charge < -0.3 is 10.7 Å². The SMILES string of the molecule is CC1/C=C\C([NH-])C(c2c(F)c(F)c(F)c(F)c2F)C2=N/C(=C(/c3c(F)c(F)c(F)c(F)c3F)c3ccc([n-]3)/C(c3c(F)c(F)c(F)c(F)c3F)=C3/C=CC(=N3)C1(C)c1c(F)c(F)c(F)c(F)c1F)C=C2.[Zn+2]. The van der Waals surface area contributed by atoms with E-state index in [0.717, 1.165) is 13.8 Å². The maximum Gasteiger partial charge on any atom is 2.00 e. The standard InChI is InChI=1S/C46H18F20N4.Zn/c1-11-3-4-12(67)19(22-26(47)34(55)42(63)35(56)27(22)48)13-5-6-14(68-13)20(23-28(49)36(57)43(64)37(58)29(23)50)15-7-8-16(69-15)21(24-30(51)38(59)44(65)39(60)31(24)52)17-9-10-18(70-17)46(11,2)25-32(53)40(61)45(66)41(62)33(25)54;/h3-12,19,67H,1-2H3;/q-2;+2/b4-3-,20-14+,21-17+;. The summed E-state index contributed by atoms with van der Waals surface area (Å²) < 4.78 is 304. The van der Waals surface area contributed by atoms with Crippen molar-refractivity contribution in [2.24, 2.45) is 15.9 Å². The van der Waals surface area contributed by atoms with E-state index in [0.29, 0.717) is 48.6 Å². The molecule has 3 aliphatic heterocycles. The second kappa shape index (κ2) is 18.5. The van der Waals surface area contributed by atoms with E-state index in [9.17, 15) is 43.9 Å². The van der Waals surface area contributed by atoms with Crippen molar-refractivity contribution in [3.63, 3.8) is 0 Å². The number of halogens is 20. The molecule has 0 saturated carbocycles. The van der Waals surface area contributed by atoms with Gasteiger partial charge in [-0.25, -0.2) is 87.8 Å². The maximum absolute atomic E-state index is 16.0. The van der Waals surface area contributed by atoms with Crippen molar-refractivity contribution < 1.29 is 107 Å². The molecule has 5 aromatic rings. The third-order valence-electron chi connectivity index (χ3n) is 11.9. The first-order valence-corrected chi connectivity index (χ1v) is 19.4. The predicted octanol–water partition coefficient (Wildman–Crippen LogP) is 13.3. The van der Waals surface area contributed by atoms with Crippen LogP contribution in [-0.2, 0) is 24.9 Å². The number of rotatable bonds is 4. The summed E-state index contributed by atoms with van der Waals surface area (Å²) in [6, 6.07) is -1.33. The van der Waals surface area contributed by atoms with Crippen molar-refractivity contribution >= 4 is 22.6 Å². The monoisotopic (exact) mass is 1070 g/mol. The maximum atomic E-state index is 16.0. The van der Waals surface area contributed by atoms with Crippen LogP contribution < -0.4 is 4.98 Å². The van der Waals surface area contributed by atoms with E-state index in [1.54, 1.807) is 0 Å². The molecular weight excluding hydrogens is 1050 g/mol. The fourth-order valence-corrected chi connectivity index (χ4v) is 8.19. The third kappa shape index (κ3) is 7.76. The molecule has 25 heteroatoms. The molecule has 4 heterocycles. The topological polar surface area (TPSA) is 62.6 Å². The van der Waals surface area contributed by atoms with Gasteiger partial charge in [0, 0.05) is 28.2 Å². The largest absolute Gasteiger partial charge is 2.00 e. The predicted molar refractivity (Wildman–Crippen MR) is 206 cm³/mol. The van der Waals surface area contributed by atoms with Crippen molar-refractivity contribution in [2.75, 3.05) is 0 Å². The summed E-state index contributed by atoms with van der Waals surface area (Å²) in [4.78, 5) is 11.9. The summed E-state index contributed by atoms with van der Waals surface area (Å²) in [5.41, 5.74) is -10.1. The van der Waals surface area contributed by atoms with Crippen LogP contribution in [0, 0.1) is 122 Å². The molecule has 3 aliphatic rings. The molecule has 0 amide bonds. The van der Waals surface area contributed by atoms with Gasteiger partial charge in [0.05, 0.1) is 28.2 Å². The first-order valence-electron chi connectivity index (χ1n) is 19.4. The molecule has 4 unspecified atom stereocenters. The zero-order valence-corrected chi connectivity index (χ0v) is 37.9. The van der Waals surface area contributed by atoms with Gasteiger partial charge in [0.2, 0.25) is 23.3 Å². The zero-order chi connectivity index (χ0) is 51.5. The van der Waals surface area contributed by atoms with Gasteiger partial charge in [-0.15, -0.1) is 23.5 Å². The quantitative estimate of drug-likeness (QED) is 0.0582. The Balaban J connectivity index is 0.00000741. The second-order valence-corrected chi connectivity index (χ2v) is 15.6. The van der Waals surface area contributed by atoms with E-state index in [1.165, 1.54) is 0 Å². The number of hydrogen-bond acceptors (Lipinski definition) is 2. The first kappa shape index (κ1) is 52.2. The van der Waals surface area contributed by atoms with Crippen LogP contribution in [0.4, 0.5) is 87.8 Å². The molecule has 6 bridgehead atoms. The van der Waals surface area contributed by atoms with E-state index in [4.69, 9.17) is 5.73 Å². The molecule has 1 N–H and O–H groups in total. The molecular formula is C46H18F20N4Zn. The fraction of sp³-hybridized carbons (Fsp3) is 0.130. The Morgan fingerprint density at radius 2 is 0.803 bits per heavy atom. The molecule has 364 valence electrons. The van der Waals surface area contributed by atoms with Crippen LogP contribution in [0.1, 0.15) is 53.4 Å². The number of aliphatic imine (C=N–C) groups is 2. The molecule has 0 fully saturated rings. The number of hydrogen-bond donors (Lipinski definition) is 0. The van der Waals surface area contributed by atoms with Gasteiger partial charge >= 0.3 is 19.5 Å². The van der Waals surface area contributed by atoms with Crippen LogP contribution >= 0.6 is 0 Å². The molecule has 0 saturated heterocycles. The van der Waals surface area contributed by atoms with E-state index in [1.807, 2.05) is 0 Å². The second-order valence-electron chi connectivity index (χ2n) is 15.6. The Morgan fingerprint density at radius 1 is 0.451 bits per heavy atom. The van der Waals surface area contributed by atoms with E-state index in [-0.39, 0.29) is 19.5 Å². The summed E-state index contributed by atoms with van der Waals surface area (Å²) >= 11 is 0. The van der Waals surface area contributed by atoms with Crippen molar-refractivity contribution in [1.82, 2.24) is 4.98 Å². The third-order valence-corrected chi connectivity index (χ3v) is 11.9. The summed E-state index contributed by atoms with van der Waals surface area (Å²) in [5, 5.41) is 0. The van der Waals surface area contributed by atoms with Gasteiger partial charge in [0.25, 0.3) is 0 Å². The molecule has 4 atom stereocenters. The van der Waals surface area contributed by atoms with Crippen LogP contribution in [0.2, 0.25) is 0 Å². The van der Waals surface area contributed by atoms with Crippen LogP contribution in [0.15, 0.2) is 70.0 Å². The van der Waals surface area contributed by atoms with Crippen LogP contribution in [0.5, 0.6) is 0 Å². The van der Waals surface area contributed by atoms with Crippen LogP contribution in [0.3, 0.4) is 0 Å². The number of allylic oxidation sites excluding steroid dienone is 5. The average molecular weight is 1070 g/mol. The van der Waals surface area contributed by atoms with Crippen molar-refractivity contribution in [2.45, 2.75) is 31.2 Å². The number of aromatic nitrogens is 1. The molecule has 4 nitrogen and oxygen atoms in total. The molecule has 71 heavy (non-hydrogen) atoms. The van der Waals surface area contributed by atoms with Crippen LogP contribution in [-0.4, -0.2) is 17.5 Å². The molecule has 4 aromatic carbocycles. The Kier molecular flexibility index (Phi) is 13.6. The Hall–Kier alpha value is -6.62. The smallest absolute Gasteiger partial charge is 0.671 e. The van der Waals surface area contributed by atoms with Gasteiger partial charge in [-0.1, -0.05) is 25.1 Å². The van der Waals surface area contributed by atoms with E-state index in [2.05, 4.69) is 15.0 Å². The molecule has 0 spiro atoms. The Labute approximate surface area is 396 Å². The minimum atomic E-state index is -2.85. The first-order chi connectivity index (χ1) is 32.8. The fourth-order valence-electron chi connectivity index (χ4n) is 8.19. The van der Waals surface area contributed by atoms with Crippen molar-refractivity contribution in [3.05, 3.63) is 216 Å². The minimum Gasteiger partial charge on any atom is -0.671 e. The van der Waals surface area contributed by atoms with Crippen molar-refractivity contribution in [3.8, 4) is 0 Å². The minimum absolute atomic E-state index is 0. The molecule has 0 aliphatic carbocycles. The van der Waals surface area contributed by atoms with Crippen LogP contribution in [0.25, 0.3) is 16.9 Å². The molecule has 1 aromatic heterocycles. The van der Waals surface area contributed by atoms with Gasteiger partial charge in [0.1, 0.15) is 0 Å². The number of nitrogens with one attached hydrogen (secondary N) is 1. The van der Waals surface area contributed by atoms with E-state index < -0.39 is 207 Å². The summed E-state index contributed by atoms with van der Waals surface area (Å²) in [7, 11) is 0. The van der Waals surface area contributed by atoms with Crippen molar-refractivity contribution in [1.29, 1.82) is 0 Å². The molecule has 0 radical (unpaired) electrons. The van der Waals surface area contributed by atoms with Gasteiger partial charge in [-0.05, 0) is 48.3 Å². The Morgan fingerprint density at radius 3 is 1.23 bits per heavy atom. The van der Waals surface area contributed by atoms with Gasteiger partial charge in [-0.2, -0.15) is 0 Å².